The van der Waals surface area contributed by atoms with Gasteiger partial charge < -0.3 is 10.2 Å². The van der Waals surface area contributed by atoms with Gasteiger partial charge in [0.05, 0.1) is 0 Å². The van der Waals surface area contributed by atoms with Crippen molar-refractivity contribution in [1.29, 1.82) is 0 Å². The Bertz CT molecular complexity index is 961. The number of amides is 1. The van der Waals surface area contributed by atoms with Crippen LogP contribution in [-0.2, 0) is 13.0 Å². The van der Waals surface area contributed by atoms with Crippen LogP contribution in [0.5, 0.6) is 0 Å². The van der Waals surface area contributed by atoms with Gasteiger partial charge in [0.1, 0.15) is 5.69 Å². The van der Waals surface area contributed by atoms with Crippen LogP contribution in [0.2, 0.25) is 0 Å². The highest BCUT2D eigenvalue weighted by Gasteiger charge is 2.18. The van der Waals surface area contributed by atoms with Crippen molar-refractivity contribution in [2.24, 2.45) is 0 Å². The normalized spacial score (nSPS) is 13.5. The number of carbonyl (C=O) groups is 1. The maximum atomic E-state index is 12.5. The predicted octanol–water partition coefficient (Wildman–Crippen LogP) is 4.24. The first-order valence-electron chi connectivity index (χ1n) is 10.3. The highest BCUT2D eigenvalue weighted by Crippen LogP contribution is 2.29. The van der Waals surface area contributed by atoms with Crippen LogP contribution in [-0.4, -0.2) is 29.0 Å². The Morgan fingerprint density at radius 3 is 2.28 bits per heavy atom. The van der Waals surface area contributed by atoms with Gasteiger partial charge in [-0.15, -0.1) is 0 Å². The summed E-state index contributed by atoms with van der Waals surface area (Å²) in [5.74, 6) is 0.854. The molecule has 1 N–H and O–H groups in total. The monoisotopic (exact) mass is 386 g/mol. The second-order valence-corrected chi connectivity index (χ2v) is 7.35. The molecule has 2 aromatic carbocycles. The molecule has 0 bridgehead atoms. The number of anilines is 1. The number of rotatable bonds is 6. The van der Waals surface area contributed by atoms with Crippen LogP contribution in [0.15, 0.2) is 60.9 Å². The Labute approximate surface area is 171 Å². The first-order valence-corrected chi connectivity index (χ1v) is 10.3. The summed E-state index contributed by atoms with van der Waals surface area (Å²) in [6, 6.07) is 16.0. The molecule has 5 nitrogen and oxygen atoms in total. The second-order valence-electron chi connectivity index (χ2n) is 7.35. The molecule has 148 valence electrons. The minimum Gasteiger partial charge on any atom is -0.355 e. The van der Waals surface area contributed by atoms with Crippen molar-refractivity contribution >= 4 is 11.7 Å². The van der Waals surface area contributed by atoms with E-state index >= 15 is 0 Å². The fourth-order valence-corrected chi connectivity index (χ4v) is 3.65. The van der Waals surface area contributed by atoms with E-state index in [-0.39, 0.29) is 5.91 Å². The second kappa shape index (κ2) is 8.86. The van der Waals surface area contributed by atoms with Gasteiger partial charge in [0, 0.05) is 43.2 Å². The van der Waals surface area contributed by atoms with Gasteiger partial charge in [-0.1, -0.05) is 43.3 Å². The summed E-state index contributed by atoms with van der Waals surface area (Å²) < 4.78 is 0. The highest BCUT2D eigenvalue weighted by molar-refractivity contribution is 5.94. The Balaban J connectivity index is 1.44. The maximum Gasteiger partial charge on any atom is 0.251 e. The lowest BCUT2D eigenvalue weighted by Gasteiger charge is -2.19. The molecule has 5 heteroatoms. The number of carbonyl (C=O) groups excluding carboxylic acids is 1. The molecule has 0 atom stereocenters. The van der Waals surface area contributed by atoms with Crippen LogP contribution in [0, 0.1) is 0 Å². The standard InChI is InChI=1S/C24H26N4O/c1-2-18-5-7-19(8-6-18)17-27-24(29)21-11-9-20(10-12-21)22-23(26-14-13-25-22)28-15-3-4-16-28/h5-14H,2-4,15-17H2,1H3,(H,27,29). The van der Waals surface area contributed by atoms with Gasteiger partial charge in [-0.3, -0.25) is 9.78 Å². The fourth-order valence-electron chi connectivity index (χ4n) is 3.65. The molecule has 0 radical (unpaired) electrons. The van der Waals surface area contributed by atoms with Gasteiger partial charge >= 0.3 is 0 Å². The molecule has 4 rings (SSSR count). The van der Waals surface area contributed by atoms with Gasteiger partial charge in [0.25, 0.3) is 5.91 Å². The minimum absolute atomic E-state index is 0.0740. The summed E-state index contributed by atoms with van der Waals surface area (Å²) in [4.78, 5) is 23.9. The predicted molar refractivity (Wildman–Crippen MR) is 116 cm³/mol. The van der Waals surface area contributed by atoms with E-state index in [4.69, 9.17) is 0 Å². The van der Waals surface area contributed by atoms with Crippen LogP contribution in [0.1, 0.15) is 41.3 Å². The number of hydrogen-bond acceptors (Lipinski definition) is 4. The van der Waals surface area contributed by atoms with Crippen molar-refractivity contribution in [1.82, 2.24) is 15.3 Å². The first-order chi connectivity index (χ1) is 14.2. The van der Waals surface area contributed by atoms with Crippen LogP contribution in [0.25, 0.3) is 11.3 Å². The van der Waals surface area contributed by atoms with E-state index in [0.717, 1.165) is 42.1 Å². The molecule has 1 aromatic heterocycles. The summed E-state index contributed by atoms with van der Waals surface area (Å²) >= 11 is 0. The van der Waals surface area contributed by atoms with Gasteiger partial charge in [-0.05, 0) is 42.5 Å². The largest absolute Gasteiger partial charge is 0.355 e. The summed E-state index contributed by atoms with van der Waals surface area (Å²) in [5, 5.41) is 2.99. The van der Waals surface area contributed by atoms with Gasteiger partial charge in [0.15, 0.2) is 5.82 Å². The Morgan fingerprint density at radius 1 is 0.931 bits per heavy atom. The third kappa shape index (κ3) is 4.45. The van der Waals surface area contributed by atoms with Gasteiger partial charge in [-0.2, -0.15) is 0 Å². The molecule has 1 aliphatic heterocycles. The van der Waals surface area contributed by atoms with Crippen molar-refractivity contribution in [3.63, 3.8) is 0 Å². The molecule has 0 unspecified atom stereocenters. The fraction of sp³-hybridized carbons (Fsp3) is 0.292. The molecule has 0 aliphatic carbocycles. The zero-order chi connectivity index (χ0) is 20.1. The van der Waals surface area contributed by atoms with Crippen LogP contribution < -0.4 is 10.2 Å². The van der Waals surface area contributed by atoms with E-state index in [1.165, 1.54) is 18.4 Å². The average Bonchev–Trinajstić information content (AvgIpc) is 3.33. The number of nitrogens with one attached hydrogen (secondary N) is 1. The topological polar surface area (TPSA) is 58.1 Å². The number of aromatic nitrogens is 2. The van der Waals surface area contributed by atoms with Crippen LogP contribution >= 0.6 is 0 Å². The van der Waals surface area contributed by atoms with Crippen molar-refractivity contribution < 1.29 is 4.79 Å². The molecule has 1 amide bonds. The van der Waals surface area contributed by atoms with E-state index in [2.05, 4.69) is 51.4 Å². The maximum absolute atomic E-state index is 12.5. The van der Waals surface area contributed by atoms with Crippen molar-refractivity contribution in [2.75, 3.05) is 18.0 Å². The summed E-state index contributed by atoms with van der Waals surface area (Å²) in [5.41, 5.74) is 4.89. The quantitative estimate of drug-likeness (QED) is 0.689. The van der Waals surface area contributed by atoms with Gasteiger partial charge in [0.2, 0.25) is 0 Å². The van der Waals surface area contributed by atoms with E-state index < -0.39 is 0 Å². The number of hydrogen-bond donors (Lipinski definition) is 1. The van der Waals surface area contributed by atoms with Crippen LogP contribution in [0.3, 0.4) is 0 Å². The molecule has 1 fully saturated rings. The first kappa shape index (κ1) is 19.1. The summed E-state index contributed by atoms with van der Waals surface area (Å²) in [6.45, 7) is 4.69. The van der Waals surface area contributed by atoms with Crippen molar-refractivity contribution in [3.05, 3.63) is 77.6 Å². The molecule has 0 saturated carbocycles. The third-order valence-corrected chi connectivity index (χ3v) is 5.39. The number of aryl methyl sites for hydroxylation is 1. The van der Waals surface area contributed by atoms with E-state index in [1.54, 1.807) is 12.4 Å². The molecule has 0 spiro atoms. The summed E-state index contributed by atoms with van der Waals surface area (Å²) in [7, 11) is 0. The Kier molecular flexibility index (Phi) is 5.84. The molecular formula is C24H26N4O. The van der Waals surface area contributed by atoms with Crippen molar-refractivity contribution in [3.8, 4) is 11.3 Å². The molecule has 29 heavy (non-hydrogen) atoms. The smallest absolute Gasteiger partial charge is 0.251 e. The SMILES string of the molecule is CCc1ccc(CNC(=O)c2ccc(-c3nccnc3N3CCCC3)cc2)cc1. The van der Waals surface area contributed by atoms with Gasteiger partial charge in [-0.25, -0.2) is 4.98 Å². The van der Waals surface area contributed by atoms with E-state index in [9.17, 15) is 4.79 Å². The molecular weight excluding hydrogens is 360 g/mol. The lowest BCUT2D eigenvalue weighted by atomic mass is 10.1. The van der Waals surface area contributed by atoms with E-state index in [1.807, 2.05) is 24.3 Å². The molecule has 2 heterocycles. The Hall–Kier alpha value is -3.21. The summed E-state index contributed by atoms with van der Waals surface area (Å²) in [6.07, 6.45) is 6.86. The minimum atomic E-state index is -0.0740. The highest BCUT2D eigenvalue weighted by atomic mass is 16.1. The van der Waals surface area contributed by atoms with Crippen molar-refractivity contribution in [2.45, 2.75) is 32.7 Å². The number of nitrogens with zero attached hydrogens (tertiary/aromatic N) is 3. The molecule has 3 aromatic rings. The number of benzene rings is 2. The Morgan fingerprint density at radius 2 is 1.59 bits per heavy atom. The zero-order valence-corrected chi connectivity index (χ0v) is 16.8. The third-order valence-electron chi connectivity index (χ3n) is 5.39. The lowest BCUT2D eigenvalue weighted by molar-refractivity contribution is 0.0951. The van der Waals surface area contributed by atoms with Crippen LogP contribution in [0.4, 0.5) is 5.82 Å². The zero-order valence-electron chi connectivity index (χ0n) is 16.8. The molecule has 1 saturated heterocycles. The molecule has 1 aliphatic rings. The average molecular weight is 386 g/mol. The lowest BCUT2D eigenvalue weighted by Crippen LogP contribution is -2.22. The van der Waals surface area contributed by atoms with E-state index in [0.29, 0.717) is 12.1 Å².